The van der Waals surface area contributed by atoms with Crippen LogP contribution >= 0.6 is 0 Å². The Labute approximate surface area is 78.1 Å². The van der Waals surface area contributed by atoms with Crippen LogP contribution < -0.4 is 10.6 Å². The van der Waals surface area contributed by atoms with Crippen LogP contribution in [0.2, 0.25) is 0 Å². The van der Waals surface area contributed by atoms with Gasteiger partial charge in [-0.2, -0.15) is 0 Å². The largest absolute Gasteiger partial charge is 0.355 e. The van der Waals surface area contributed by atoms with Gasteiger partial charge >= 0.3 is 0 Å². The number of hydrogen-bond acceptors (Lipinski definition) is 2. The Morgan fingerprint density at radius 2 is 2.46 bits per heavy atom. The standard InChI is InChI=1S/C9H17FN2O/c1-2-3-4-11-9(13)8-5-7(10)6-12-8/h7-8,12H,2-6H2,1H3,(H,11,13)/t7-,8-/m0/s1. The van der Waals surface area contributed by atoms with Gasteiger partial charge < -0.3 is 10.6 Å². The van der Waals surface area contributed by atoms with Gasteiger partial charge in [-0.25, -0.2) is 4.39 Å². The van der Waals surface area contributed by atoms with Crippen LogP contribution in [0.15, 0.2) is 0 Å². The molecule has 0 aliphatic carbocycles. The van der Waals surface area contributed by atoms with E-state index >= 15 is 0 Å². The third kappa shape index (κ3) is 3.30. The normalized spacial score (nSPS) is 27.5. The number of hydrogen-bond donors (Lipinski definition) is 2. The monoisotopic (exact) mass is 188 g/mol. The van der Waals surface area contributed by atoms with Gasteiger partial charge in [0.25, 0.3) is 0 Å². The van der Waals surface area contributed by atoms with E-state index in [4.69, 9.17) is 0 Å². The van der Waals surface area contributed by atoms with Gasteiger partial charge in [-0.05, 0) is 6.42 Å². The van der Waals surface area contributed by atoms with Crippen molar-refractivity contribution in [1.82, 2.24) is 10.6 Å². The molecular formula is C9H17FN2O. The molecule has 0 aromatic rings. The van der Waals surface area contributed by atoms with Gasteiger partial charge in [0.15, 0.2) is 0 Å². The van der Waals surface area contributed by atoms with Crippen LogP contribution in [0, 0.1) is 0 Å². The summed E-state index contributed by atoms with van der Waals surface area (Å²) in [6.45, 7) is 3.08. The molecule has 1 heterocycles. The summed E-state index contributed by atoms with van der Waals surface area (Å²) in [4.78, 5) is 11.3. The molecule has 0 aromatic carbocycles. The van der Waals surface area contributed by atoms with E-state index in [1.165, 1.54) is 0 Å². The molecule has 1 aliphatic heterocycles. The Kier molecular flexibility index (Phi) is 4.15. The number of carbonyl (C=O) groups excluding carboxylic acids is 1. The lowest BCUT2D eigenvalue weighted by Crippen LogP contribution is -2.40. The molecule has 1 amide bonds. The number of rotatable bonds is 4. The van der Waals surface area contributed by atoms with Crippen LogP contribution in [0.25, 0.3) is 0 Å². The topological polar surface area (TPSA) is 41.1 Å². The summed E-state index contributed by atoms with van der Waals surface area (Å²) in [5.74, 6) is -0.0615. The van der Waals surface area contributed by atoms with Gasteiger partial charge in [-0.15, -0.1) is 0 Å². The molecule has 0 spiro atoms. The van der Waals surface area contributed by atoms with E-state index in [-0.39, 0.29) is 11.9 Å². The van der Waals surface area contributed by atoms with Crippen LogP contribution in [0.5, 0.6) is 0 Å². The van der Waals surface area contributed by atoms with E-state index in [2.05, 4.69) is 17.6 Å². The fraction of sp³-hybridized carbons (Fsp3) is 0.889. The predicted octanol–water partition coefficient (Wildman–Crippen LogP) is 0.603. The molecule has 0 aromatic heterocycles. The quantitative estimate of drug-likeness (QED) is 0.634. The second-order valence-corrected chi connectivity index (χ2v) is 3.44. The number of alkyl halides is 1. The summed E-state index contributed by atoms with van der Waals surface area (Å²) in [6, 6.07) is -0.313. The van der Waals surface area contributed by atoms with Crippen LogP contribution in [0.3, 0.4) is 0 Å². The first-order valence-electron chi connectivity index (χ1n) is 4.89. The molecule has 0 radical (unpaired) electrons. The Balaban J connectivity index is 2.16. The molecule has 1 aliphatic rings. The van der Waals surface area contributed by atoms with E-state index in [9.17, 15) is 9.18 Å². The van der Waals surface area contributed by atoms with E-state index < -0.39 is 6.17 Å². The van der Waals surface area contributed by atoms with Gasteiger partial charge in [-0.1, -0.05) is 13.3 Å². The van der Waals surface area contributed by atoms with Crippen LogP contribution in [0.4, 0.5) is 4.39 Å². The maximum atomic E-state index is 12.7. The van der Waals surface area contributed by atoms with Crippen molar-refractivity contribution in [2.45, 2.75) is 38.4 Å². The Morgan fingerprint density at radius 1 is 1.69 bits per heavy atom. The lowest BCUT2D eigenvalue weighted by molar-refractivity contribution is -0.122. The van der Waals surface area contributed by atoms with Crippen molar-refractivity contribution in [2.75, 3.05) is 13.1 Å². The third-order valence-corrected chi connectivity index (χ3v) is 2.22. The Hall–Kier alpha value is -0.640. The van der Waals surface area contributed by atoms with Crippen molar-refractivity contribution in [1.29, 1.82) is 0 Å². The number of halogens is 1. The number of nitrogens with one attached hydrogen (secondary N) is 2. The second-order valence-electron chi connectivity index (χ2n) is 3.44. The number of unbranched alkanes of at least 4 members (excludes halogenated alkanes) is 1. The number of amides is 1. The average Bonchev–Trinajstić information content (AvgIpc) is 2.52. The molecule has 2 N–H and O–H groups in total. The summed E-state index contributed by atoms with van der Waals surface area (Å²) in [5, 5.41) is 5.62. The Bertz CT molecular complexity index is 175. The highest BCUT2D eigenvalue weighted by Crippen LogP contribution is 2.09. The zero-order valence-electron chi connectivity index (χ0n) is 7.98. The third-order valence-electron chi connectivity index (χ3n) is 2.22. The van der Waals surface area contributed by atoms with Crippen molar-refractivity contribution >= 4 is 5.91 Å². The van der Waals surface area contributed by atoms with Gasteiger partial charge in [0.1, 0.15) is 6.17 Å². The van der Waals surface area contributed by atoms with E-state index in [1.807, 2.05) is 0 Å². The minimum absolute atomic E-state index is 0.0615. The first-order valence-corrected chi connectivity index (χ1v) is 4.89. The van der Waals surface area contributed by atoms with Crippen molar-refractivity contribution in [3.63, 3.8) is 0 Å². The van der Waals surface area contributed by atoms with Crippen molar-refractivity contribution in [3.8, 4) is 0 Å². The highest BCUT2D eigenvalue weighted by atomic mass is 19.1. The molecular weight excluding hydrogens is 171 g/mol. The summed E-state index contributed by atoms with van der Waals surface area (Å²) in [5.41, 5.74) is 0. The van der Waals surface area contributed by atoms with Gasteiger partial charge in [0.2, 0.25) is 5.91 Å². The molecule has 2 atom stereocenters. The average molecular weight is 188 g/mol. The van der Waals surface area contributed by atoms with Crippen LogP contribution in [-0.2, 0) is 4.79 Å². The van der Waals surface area contributed by atoms with E-state index in [1.54, 1.807) is 0 Å². The maximum Gasteiger partial charge on any atom is 0.237 e. The summed E-state index contributed by atoms with van der Waals surface area (Å²) < 4.78 is 12.7. The zero-order valence-corrected chi connectivity index (χ0v) is 7.98. The lowest BCUT2D eigenvalue weighted by atomic mass is 10.2. The van der Waals surface area contributed by atoms with Gasteiger partial charge in [-0.3, -0.25) is 4.79 Å². The van der Waals surface area contributed by atoms with Crippen molar-refractivity contribution in [2.24, 2.45) is 0 Å². The predicted molar refractivity (Wildman–Crippen MR) is 49.2 cm³/mol. The highest BCUT2D eigenvalue weighted by molar-refractivity contribution is 5.82. The highest BCUT2D eigenvalue weighted by Gasteiger charge is 2.28. The molecule has 0 bridgehead atoms. The van der Waals surface area contributed by atoms with Crippen LogP contribution in [-0.4, -0.2) is 31.2 Å². The molecule has 1 fully saturated rings. The summed E-state index contributed by atoms with van der Waals surface area (Å²) in [6.07, 6.45) is 1.50. The first-order chi connectivity index (χ1) is 6.24. The fourth-order valence-electron chi connectivity index (χ4n) is 1.40. The molecule has 1 saturated heterocycles. The maximum absolute atomic E-state index is 12.7. The van der Waals surface area contributed by atoms with E-state index in [0.29, 0.717) is 19.5 Å². The van der Waals surface area contributed by atoms with Gasteiger partial charge in [0, 0.05) is 19.5 Å². The molecule has 0 unspecified atom stereocenters. The zero-order chi connectivity index (χ0) is 9.68. The lowest BCUT2D eigenvalue weighted by Gasteiger charge is -2.09. The minimum atomic E-state index is -0.859. The van der Waals surface area contributed by atoms with E-state index in [0.717, 1.165) is 12.8 Å². The first kappa shape index (κ1) is 10.4. The minimum Gasteiger partial charge on any atom is -0.355 e. The SMILES string of the molecule is CCCCNC(=O)[C@@H]1C[C@H](F)CN1. The molecule has 3 nitrogen and oxygen atoms in total. The fourth-order valence-corrected chi connectivity index (χ4v) is 1.40. The summed E-state index contributed by atoms with van der Waals surface area (Å²) >= 11 is 0. The molecule has 76 valence electrons. The van der Waals surface area contributed by atoms with Crippen LogP contribution in [0.1, 0.15) is 26.2 Å². The molecule has 0 saturated carbocycles. The molecule has 4 heteroatoms. The second kappa shape index (κ2) is 5.17. The summed E-state index contributed by atoms with van der Waals surface area (Å²) in [7, 11) is 0. The van der Waals surface area contributed by atoms with Crippen molar-refractivity contribution < 1.29 is 9.18 Å². The number of carbonyl (C=O) groups is 1. The van der Waals surface area contributed by atoms with Crippen molar-refractivity contribution in [3.05, 3.63) is 0 Å². The van der Waals surface area contributed by atoms with Gasteiger partial charge in [0.05, 0.1) is 6.04 Å². The Morgan fingerprint density at radius 3 is 3.00 bits per heavy atom. The smallest absolute Gasteiger partial charge is 0.237 e. The molecule has 13 heavy (non-hydrogen) atoms. The molecule has 1 rings (SSSR count).